The molecular weight excluding hydrogens is 230 g/mol. The van der Waals surface area contributed by atoms with Gasteiger partial charge in [0, 0.05) is 0 Å². The van der Waals surface area contributed by atoms with Crippen LogP contribution in [0.4, 0.5) is 0 Å². The van der Waals surface area contributed by atoms with Gasteiger partial charge in [0.05, 0.1) is 7.05 Å². The van der Waals surface area contributed by atoms with Crippen molar-refractivity contribution in [2.75, 3.05) is 26.9 Å². The van der Waals surface area contributed by atoms with Gasteiger partial charge in [-0.1, -0.05) is 0 Å². The van der Waals surface area contributed by atoms with Crippen LogP contribution in [0.15, 0.2) is 0 Å². The Kier molecular flexibility index (Phi) is 5.23. The van der Waals surface area contributed by atoms with E-state index in [2.05, 4.69) is 4.84 Å². The number of hydrogen-bond acceptors (Lipinski definition) is 7. The van der Waals surface area contributed by atoms with E-state index >= 15 is 0 Å². The highest BCUT2D eigenvalue weighted by molar-refractivity contribution is 4.39. The third-order valence-electron chi connectivity index (χ3n) is 1.42. The zero-order chi connectivity index (χ0) is 12.7. The molecule has 0 aromatic rings. The molecule has 0 aliphatic heterocycles. The number of nitro groups is 2. The molecule has 0 aliphatic rings. The summed E-state index contributed by atoms with van der Waals surface area (Å²) in [5.41, 5.74) is 0. The lowest BCUT2D eigenvalue weighted by molar-refractivity contribution is -0.762. The van der Waals surface area contributed by atoms with Crippen molar-refractivity contribution in [2.45, 2.75) is 0 Å². The van der Waals surface area contributed by atoms with Crippen molar-refractivity contribution in [3.05, 3.63) is 30.3 Å². The third-order valence-corrected chi connectivity index (χ3v) is 1.42. The molecule has 0 aliphatic carbocycles. The maximum atomic E-state index is 10.4. The molecule has 12 heteroatoms. The van der Waals surface area contributed by atoms with E-state index in [-0.39, 0.29) is 0 Å². The van der Waals surface area contributed by atoms with E-state index in [1.165, 1.54) is 0 Å². The fraction of sp³-hybridized carbons (Fsp3) is 1.00. The second-order valence-electron chi connectivity index (χ2n) is 2.56. The number of nitrogens with zero attached hydrogens (tertiary/aromatic N) is 5. The molecule has 0 spiro atoms. The van der Waals surface area contributed by atoms with Gasteiger partial charge < -0.3 is 4.84 Å². The van der Waals surface area contributed by atoms with Crippen molar-refractivity contribution in [3.63, 3.8) is 0 Å². The van der Waals surface area contributed by atoms with Crippen molar-refractivity contribution >= 4 is 0 Å². The number of hydrogen-bond donors (Lipinski definition) is 0. The molecule has 0 saturated carbocycles. The van der Waals surface area contributed by atoms with Gasteiger partial charge in [0.1, 0.15) is 13.2 Å². The molecule has 0 aromatic heterocycles. The molecule has 0 radical (unpaired) electrons. The number of rotatable bonds is 8. The molecule has 12 nitrogen and oxygen atoms in total. The van der Waals surface area contributed by atoms with Gasteiger partial charge in [-0.15, -0.1) is 20.1 Å². The van der Waals surface area contributed by atoms with Gasteiger partial charge in [0.25, 0.3) is 5.09 Å². The molecule has 0 N–H and O–H groups in total. The van der Waals surface area contributed by atoms with Crippen molar-refractivity contribution in [1.82, 2.24) is 10.0 Å². The van der Waals surface area contributed by atoms with Gasteiger partial charge in [0.15, 0.2) is 10.1 Å². The molecule has 0 rings (SSSR count). The maximum Gasteiger partial charge on any atom is 0.294 e. The fourth-order valence-electron chi connectivity index (χ4n) is 0.713. The van der Waals surface area contributed by atoms with Gasteiger partial charge in [0.2, 0.25) is 6.67 Å². The molecule has 0 fully saturated rings. The van der Waals surface area contributed by atoms with Crippen LogP contribution in [0.1, 0.15) is 0 Å². The summed E-state index contributed by atoms with van der Waals surface area (Å²) in [6.07, 6.45) is 0. The first-order valence-corrected chi connectivity index (χ1v) is 3.86. The van der Waals surface area contributed by atoms with Crippen LogP contribution < -0.4 is 0 Å². The van der Waals surface area contributed by atoms with Crippen molar-refractivity contribution in [2.24, 2.45) is 0 Å². The van der Waals surface area contributed by atoms with Gasteiger partial charge in [-0.05, 0) is 0 Å². The normalized spacial score (nSPS) is 9.31. The molecule has 0 amide bonds. The summed E-state index contributed by atoms with van der Waals surface area (Å²) < 4.78 is 0. The second-order valence-corrected chi connectivity index (χ2v) is 2.56. The van der Waals surface area contributed by atoms with Gasteiger partial charge in [-0.2, -0.15) is 0 Å². The standard InChI is InChI=1S/C4H9N5O7/c1-5(7(10)11)4-6(8(12)13)2-3-16-9(14)15/h2-4H2,1H3. The molecule has 0 atom stereocenters. The molecule has 0 heterocycles. The van der Waals surface area contributed by atoms with Gasteiger partial charge in [-0.3, -0.25) is 0 Å². The lowest BCUT2D eigenvalue weighted by atomic mass is 10.6. The Balaban J connectivity index is 4.13. The smallest absolute Gasteiger partial charge is 0.294 e. The lowest BCUT2D eigenvalue weighted by Crippen LogP contribution is -2.43. The van der Waals surface area contributed by atoms with E-state index < -0.39 is 35.0 Å². The average Bonchev–Trinajstić information content (AvgIpc) is 2.14. The molecule has 0 saturated heterocycles. The minimum absolute atomic E-state index is 0.423. The van der Waals surface area contributed by atoms with Crippen molar-refractivity contribution in [1.29, 1.82) is 0 Å². The van der Waals surface area contributed by atoms with E-state index in [1.807, 2.05) is 0 Å². The molecule has 0 bridgehead atoms. The van der Waals surface area contributed by atoms with Crippen LogP contribution in [0.3, 0.4) is 0 Å². The van der Waals surface area contributed by atoms with Gasteiger partial charge in [-0.25, -0.2) is 20.2 Å². The molecule has 0 aromatic carbocycles. The zero-order valence-corrected chi connectivity index (χ0v) is 8.22. The van der Waals surface area contributed by atoms with Gasteiger partial charge >= 0.3 is 0 Å². The average molecular weight is 239 g/mol. The first-order chi connectivity index (χ1) is 7.34. The second kappa shape index (κ2) is 6.15. The Morgan fingerprint density at radius 2 is 1.69 bits per heavy atom. The lowest BCUT2D eigenvalue weighted by Gasteiger charge is -2.15. The summed E-state index contributed by atoms with van der Waals surface area (Å²) in [5.74, 6) is 0. The SMILES string of the molecule is CN(CN(CCO[N+](=O)[O-])[N+](=O)[O-])[N+](=O)[O-]. The molecule has 16 heavy (non-hydrogen) atoms. The highest BCUT2D eigenvalue weighted by Crippen LogP contribution is 1.93. The summed E-state index contributed by atoms with van der Waals surface area (Å²) in [5, 5.41) is 28.4. The van der Waals surface area contributed by atoms with Crippen LogP contribution in [-0.2, 0) is 4.84 Å². The molecule has 92 valence electrons. The Hall–Kier alpha value is -2.40. The molecular formula is C4H9N5O7. The predicted molar refractivity (Wildman–Crippen MR) is 46.3 cm³/mol. The number of hydrazine groups is 2. The van der Waals surface area contributed by atoms with Crippen LogP contribution in [0.5, 0.6) is 0 Å². The monoisotopic (exact) mass is 239 g/mol. The summed E-state index contributed by atoms with van der Waals surface area (Å²) >= 11 is 0. The van der Waals surface area contributed by atoms with Crippen LogP contribution in [0, 0.1) is 30.3 Å². The third kappa shape index (κ3) is 5.36. The Bertz CT molecular complexity index is 282. The largest absolute Gasteiger partial charge is 0.312 e. The minimum Gasteiger partial charge on any atom is -0.312 e. The zero-order valence-electron chi connectivity index (χ0n) is 8.22. The van der Waals surface area contributed by atoms with E-state index in [0.717, 1.165) is 7.05 Å². The highest BCUT2D eigenvalue weighted by Gasteiger charge is 2.21. The Labute approximate surface area is 88.3 Å². The molecule has 0 unspecified atom stereocenters. The van der Waals surface area contributed by atoms with Crippen molar-refractivity contribution < 1.29 is 20.0 Å². The van der Waals surface area contributed by atoms with E-state index in [4.69, 9.17) is 0 Å². The van der Waals surface area contributed by atoms with E-state index in [1.54, 1.807) is 0 Å². The predicted octanol–water partition coefficient (Wildman–Crippen LogP) is -1.23. The van der Waals surface area contributed by atoms with Crippen LogP contribution in [0.2, 0.25) is 0 Å². The van der Waals surface area contributed by atoms with Crippen LogP contribution in [-0.4, -0.2) is 52.0 Å². The van der Waals surface area contributed by atoms with E-state index in [9.17, 15) is 30.3 Å². The van der Waals surface area contributed by atoms with Crippen LogP contribution >= 0.6 is 0 Å². The summed E-state index contributed by atoms with van der Waals surface area (Å²) in [6, 6.07) is 0. The Morgan fingerprint density at radius 3 is 2.06 bits per heavy atom. The maximum absolute atomic E-state index is 10.4. The van der Waals surface area contributed by atoms with E-state index in [0.29, 0.717) is 10.0 Å². The first kappa shape index (κ1) is 13.6. The quantitative estimate of drug-likeness (QED) is 0.288. The van der Waals surface area contributed by atoms with Crippen LogP contribution in [0.25, 0.3) is 0 Å². The minimum atomic E-state index is -1.10. The highest BCUT2D eigenvalue weighted by atomic mass is 16.9. The summed E-state index contributed by atoms with van der Waals surface area (Å²) in [6.45, 7) is -1.59. The first-order valence-electron chi connectivity index (χ1n) is 3.86. The van der Waals surface area contributed by atoms with Crippen molar-refractivity contribution in [3.8, 4) is 0 Å². The summed E-state index contributed by atoms with van der Waals surface area (Å²) in [7, 11) is 1.03. The summed E-state index contributed by atoms with van der Waals surface area (Å²) in [4.78, 5) is 34.2. The fourth-order valence-corrected chi connectivity index (χ4v) is 0.713. The Morgan fingerprint density at radius 1 is 1.12 bits per heavy atom. The topological polar surface area (TPSA) is 145 Å².